The van der Waals surface area contributed by atoms with Crippen LogP contribution in [0.5, 0.6) is 0 Å². The van der Waals surface area contributed by atoms with Gasteiger partial charge in [0.2, 0.25) is 0 Å². The molecule has 104 valence electrons. The molecule has 0 unspecified atom stereocenters. The lowest BCUT2D eigenvalue weighted by Crippen LogP contribution is -2.26. The summed E-state index contributed by atoms with van der Waals surface area (Å²) in [5.74, 6) is -0.489. The summed E-state index contributed by atoms with van der Waals surface area (Å²) in [6.07, 6.45) is 0.637. The highest BCUT2D eigenvalue weighted by Gasteiger charge is 2.11. The third-order valence-corrected chi connectivity index (χ3v) is 4.11. The van der Waals surface area contributed by atoms with E-state index in [1.807, 2.05) is 0 Å². The van der Waals surface area contributed by atoms with Crippen LogP contribution >= 0.6 is 27.5 Å². The fraction of sp³-hybridized carbons (Fsp3) is 0.133. The summed E-state index contributed by atoms with van der Waals surface area (Å²) in [5.41, 5.74) is 1.40. The molecular weight excluding hydrogens is 345 g/mol. The summed E-state index contributed by atoms with van der Waals surface area (Å²) < 4.78 is 13.4. The van der Waals surface area contributed by atoms with Crippen molar-refractivity contribution in [3.63, 3.8) is 0 Å². The van der Waals surface area contributed by atoms with Gasteiger partial charge in [0.1, 0.15) is 5.82 Å². The van der Waals surface area contributed by atoms with Gasteiger partial charge in [-0.2, -0.15) is 0 Å². The Morgan fingerprint density at radius 2 is 1.90 bits per heavy atom. The minimum absolute atomic E-state index is 0.224. The van der Waals surface area contributed by atoms with Gasteiger partial charge in [-0.15, -0.1) is 0 Å². The highest BCUT2D eigenvalue weighted by atomic mass is 79.9. The summed E-state index contributed by atoms with van der Waals surface area (Å²) in [7, 11) is 0. The number of benzene rings is 2. The molecule has 0 atom stereocenters. The largest absolute Gasteiger partial charge is 0.352 e. The van der Waals surface area contributed by atoms with Gasteiger partial charge in [0.05, 0.1) is 10.6 Å². The number of hydrogen-bond donors (Lipinski definition) is 1. The predicted octanol–water partition coefficient (Wildman–Crippen LogP) is 4.21. The maximum absolute atomic E-state index is 12.8. The van der Waals surface area contributed by atoms with Crippen LogP contribution in [0.15, 0.2) is 46.9 Å². The van der Waals surface area contributed by atoms with Crippen molar-refractivity contribution in [2.24, 2.45) is 0 Å². The number of halogens is 3. The van der Waals surface area contributed by atoms with Crippen LogP contribution in [-0.2, 0) is 6.42 Å². The third-order valence-electron chi connectivity index (χ3n) is 2.81. The summed E-state index contributed by atoms with van der Waals surface area (Å²) in [6, 6.07) is 11.4. The second-order valence-electron chi connectivity index (χ2n) is 4.23. The summed E-state index contributed by atoms with van der Waals surface area (Å²) in [5, 5.41) is 3.19. The Labute approximate surface area is 130 Å². The van der Waals surface area contributed by atoms with Gasteiger partial charge in [-0.05, 0) is 52.2 Å². The van der Waals surface area contributed by atoms with E-state index in [4.69, 9.17) is 11.6 Å². The molecule has 0 saturated carbocycles. The number of carbonyl (C=O) groups excluding carboxylic acids is 1. The Morgan fingerprint density at radius 1 is 1.20 bits per heavy atom. The fourth-order valence-electron chi connectivity index (χ4n) is 1.75. The first kappa shape index (κ1) is 15.0. The molecule has 1 amide bonds. The number of carbonyl (C=O) groups is 1. The van der Waals surface area contributed by atoms with Crippen LogP contribution in [0.3, 0.4) is 0 Å². The van der Waals surface area contributed by atoms with Gasteiger partial charge in [-0.25, -0.2) is 4.39 Å². The molecule has 0 saturated heterocycles. The zero-order chi connectivity index (χ0) is 14.5. The van der Waals surface area contributed by atoms with Gasteiger partial charge in [0, 0.05) is 11.0 Å². The maximum atomic E-state index is 12.8. The van der Waals surface area contributed by atoms with Crippen molar-refractivity contribution in [2.75, 3.05) is 6.54 Å². The van der Waals surface area contributed by atoms with Crippen molar-refractivity contribution in [1.29, 1.82) is 0 Å². The van der Waals surface area contributed by atoms with Gasteiger partial charge in [0.15, 0.2) is 0 Å². The first-order valence-electron chi connectivity index (χ1n) is 6.04. The average molecular weight is 357 g/mol. The molecule has 2 aromatic carbocycles. The molecule has 0 aliphatic heterocycles. The molecule has 2 aromatic rings. The molecule has 0 aliphatic rings. The fourth-order valence-corrected chi connectivity index (χ4v) is 2.32. The molecule has 1 N–H and O–H groups in total. The number of hydrogen-bond acceptors (Lipinski definition) is 1. The second-order valence-corrected chi connectivity index (χ2v) is 5.47. The molecule has 2 rings (SSSR count). The molecule has 5 heteroatoms. The van der Waals surface area contributed by atoms with Crippen LogP contribution in [0.4, 0.5) is 4.39 Å². The molecule has 0 heterocycles. The van der Waals surface area contributed by atoms with Gasteiger partial charge in [-0.3, -0.25) is 4.79 Å². The van der Waals surface area contributed by atoms with Gasteiger partial charge >= 0.3 is 0 Å². The zero-order valence-corrected chi connectivity index (χ0v) is 12.8. The van der Waals surface area contributed by atoms with Crippen molar-refractivity contribution in [2.45, 2.75) is 6.42 Å². The van der Waals surface area contributed by atoms with Crippen LogP contribution in [0.1, 0.15) is 15.9 Å². The predicted molar refractivity (Wildman–Crippen MR) is 81.6 cm³/mol. The van der Waals surface area contributed by atoms with Crippen LogP contribution in [0.25, 0.3) is 0 Å². The van der Waals surface area contributed by atoms with Crippen LogP contribution in [0, 0.1) is 5.82 Å². The van der Waals surface area contributed by atoms with Crippen molar-refractivity contribution < 1.29 is 9.18 Å². The third kappa shape index (κ3) is 3.81. The van der Waals surface area contributed by atoms with Crippen molar-refractivity contribution >= 4 is 33.4 Å². The van der Waals surface area contributed by atoms with E-state index in [0.717, 1.165) is 5.56 Å². The van der Waals surface area contributed by atoms with E-state index in [9.17, 15) is 9.18 Å². The standard InChI is InChI=1S/C15H12BrClFNO/c16-13-3-1-2-12(14(13)17)15(20)19-9-8-10-4-6-11(18)7-5-10/h1-7H,8-9H2,(H,19,20). The van der Waals surface area contributed by atoms with E-state index in [2.05, 4.69) is 21.2 Å². The Kier molecular flexibility index (Phi) is 5.15. The Hall–Kier alpha value is -1.39. The molecule has 0 radical (unpaired) electrons. The minimum atomic E-state index is -0.265. The van der Waals surface area contributed by atoms with E-state index in [1.165, 1.54) is 12.1 Å². The summed E-state index contributed by atoms with van der Waals surface area (Å²) in [4.78, 5) is 12.0. The minimum Gasteiger partial charge on any atom is -0.352 e. The SMILES string of the molecule is O=C(NCCc1ccc(F)cc1)c1cccc(Br)c1Cl. The smallest absolute Gasteiger partial charge is 0.252 e. The monoisotopic (exact) mass is 355 g/mol. The Balaban J connectivity index is 1.92. The first-order valence-corrected chi connectivity index (χ1v) is 7.21. The zero-order valence-electron chi connectivity index (χ0n) is 10.5. The number of nitrogens with one attached hydrogen (secondary N) is 1. The van der Waals surface area contributed by atoms with E-state index >= 15 is 0 Å². The summed E-state index contributed by atoms with van der Waals surface area (Å²) >= 11 is 9.33. The lowest BCUT2D eigenvalue weighted by molar-refractivity contribution is 0.0954. The Bertz CT molecular complexity index is 616. The quantitative estimate of drug-likeness (QED) is 0.873. The molecule has 2 nitrogen and oxygen atoms in total. The second kappa shape index (κ2) is 6.86. The summed E-state index contributed by atoms with van der Waals surface area (Å²) in [6.45, 7) is 0.466. The topological polar surface area (TPSA) is 29.1 Å². The number of rotatable bonds is 4. The van der Waals surface area contributed by atoms with Crippen LogP contribution in [-0.4, -0.2) is 12.5 Å². The average Bonchev–Trinajstić information content (AvgIpc) is 2.44. The lowest BCUT2D eigenvalue weighted by Gasteiger charge is -2.07. The van der Waals surface area contributed by atoms with E-state index in [-0.39, 0.29) is 11.7 Å². The molecule has 0 spiro atoms. The van der Waals surface area contributed by atoms with Gasteiger partial charge < -0.3 is 5.32 Å². The number of amides is 1. The van der Waals surface area contributed by atoms with Crippen LogP contribution < -0.4 is 5.32 Å². The van der Waals surface area contributed by atoms with Crippen molar-refractivity contribution in [3.8, 4) is 0 Å². The normalized spacial score (nSPS) is 10.3. The van der Waals surface area contributed by atoms with E-state index < -0.39 is 0 Å². The maximum Gasteiger partial charge on any atom is 0.252 e. The van der Waals surface area contributed by atoms with Gasteiger partial charge in [0.25, 0.3) is 5.91 Å². The van der Waals surface area contributed by atoms with Crippen molar-refractivity contribution in [3.05, 3.63) is 68.9 Å². The van der Waals surface area contributed by atoms with Crippen molar-refractivity contribution in [1.82, 2.24) is 5.32 Å². The molecule has 0 aliphatic carbocycles. The highest BCUT2D eigenvalue weighted by Crippen LogP contribution is 2.25. The first-order chi connectivity index (χ1) is 9.58. The Morgan fingerprint density at radius 3 is 2.60 bits per heavy atom. The molecular formula is C15H12BrClFNO. The highest BCUT2D eigenvalue weighted by molar-refractivity contribution is 9.10. The molecule has 0 aromatic heterocycles. The molecule has 0 fully saturated rings. The lowest BCUT2D eigenvalue weighted by atomic mass is 10.1. The van der Waals surface area contributed by atoms with Crippen LogP contribution in [0.2, 0.25) is 5.02 Å². The van der Waals surface area contributed by atoms with Gasteiger partial charge in [-0.1, -0.05) is 29.8 Å². The molecule has 0 bridgehead atoms. The molecule has 20 heavy (non-hydrogen) atoms. The van der Waals surface area contributed by atoms with E-state index in [1.54, 1.807) is 30.3 Å². The van der Waals surface area contributed by atoms with E-state index in [0.29, 0.717) is 28.0 Å².